The molecule has 0 amide bonds. The third-order valence-corrected chi connectivity index (χ3v) is 7.38. The topological polar surface area (TPSA) is 58.6 Å². The molecule has 0 bridgehead atoms. The van der Waals surface area contributed by atoms with Crippen molar-refractivity contribution in [3.63, 3.8) is 0 Å². The van der Waals surface area contributed by atoms with E-state index in [0.717, 1.165) is 30.0 Å². The zero-order valence-corrected chi connectivity index (χ0v) is 14.5. The Morgan fingerprint density at radius 1 is 1.48 bits per heavy atom. The molecule has 0 radical (unpaired) electrons. The highest BCUT2D eigenvalue weighted by molar-refractivity contribution is 7.91. The summed E-state index contributed by atoms with van der Waals surface area (Å²) in [4.78, 5) is 1.09. The Hall–Kier alpha value is -0.470. The lowest BCUT2D eigenvalue weighted by Crippen LogP contribution is -2.48. The van der Waals surface area contributed by atoms with Gasteiger partial charge in [-0.25, -0.2) is 8.42 Å². The van der Waals surface area contributed by atoms with Crippen molar-refractivity contribution in [1.82, 2.24) is 9.62 Å². The van der Waals surface area contributed by atoms with Crippen molar-refractivity contribution in [1.29, 1.82) is 0 Å². The van der Waals surface area contributed by atoms with Crippen molar-refractivity contribution in [2.45, 2.75) is 44.0 Å². The first-order valence-electron chi connectivity index (χ1n) is 7.40. The highest BCUT2D eigenvalue weighted by Gasteiger charge is 2.34. The molecular weight excluding hydrogens is 308 g/mol. The van der Waals surface area contributed by atoms with Crippen LogP contribution in [0.5, 0.6) is 0 Å². The van der Waals surface area contributed by atoms with Crippen LogP contribution in [-0.4, -0.2) is 45.1 Å². The maximum Gasteiger partial charge on any atom is 0.252 e. The summed E-state index contributed by atoms with van der Waals surface area (Å²) >= 11 is 1.38. The molecule has 1 N–H and O–H groups in total. The smallest absolute Gasteiger partial charge is 0.252 e. The lowest BCUT2D eigenvalue weighted by atomic mass is 10.2. The minimum atomic E-state index is -3.41. The summed E-state index contributed by atoms with van der Waals surface area (Å²) in [5, 5.41) is 3.25. The van der Waals surface area contributed by atoms with Crippen LogP contribution in [0.4, 0.5) is 0 Å². The third kappa shape index (κ3) is 3.65. The summed E-state index contributed by atoms with van der Waals surface area (Å²) in [5.74, 6) is 0. The summed E-state index contributed by atoms with van der Waals surface area (Å²) in [6.45, 7) is 9.02. The second kappa shape index (κ2) is 7.19. The molecule has 1 unspecified atom stereocenters. The normalized spacial score (nSPS) is 20.8. The molecule has 7 heteroatoms. The monoisotopic (exact) mass is 332 g/mol. The SMILES string of the molecule is CCNCc1sc(S(=O)(=O)N2CCOCC2CC)cc1C. The van der Waals surface area contributed by atoms with Crippen molar-refractivity contribution in [3.05, 3.63) is 16.5 Å². The lowest BCUT2D eigenvalue weighted by molar-refractivity contribution is 0.0315. The quantitative estimate of drug-likeness (QED) is 0.865. The number of hydrogen-bond donors (Lipinski definition) is 1. The van der Waals surface area contributed by atoms with Crippen molar-refractivity contribution in [3.8, 4) is 0 Å². The number of nitrogens with one attached hydrogen (secondary N) is 1. The van der Waals surface area contributed by atoms with Gasteiger partial charge in [0.15, 0.2) is 0 Å². The number of thiophene rings is 1. The Labute approximate surface area is 131 Å². The van der Waals surface area contributed by atoms with Crippen molar-refractivity contribution < 1.29 is 13.2 Å². The van der Waals surface area contributed by atoms with E-state index in [9.17, 15) is 8.42 Å². The second-order valence-corrected chi connectivity index (χ2v) is 8.46. The summed E-state index contributed by atoms with van der Waals surface area (Å²) in [7, 11) is -3.41. The summed E-state index contributed by atoms with van der Waals surface area (Å²) < 4.78 is 33.2. The van der Waals surface area contributed by atoms with Gasteiger partial charge in [0.25, 0.3) is 10.0 Å². The predicted octanol–water partition coefficient (Wildman–Crippen LogP) is 1.97. The molecule has 0 saturated carbocycles. The average Bonchev–Trinajstić information content (AvgIpc) is 2.87. The molecule has 120 valence electrons. The first-order chi connectivity index (χ1) is 10.0. The van der Waals surface area contributed by atoms with Gasteiger partial charge >= 0.3 is 0 Å². The largest absolute Gasteiger partial charge is 0.378 e. The van der Waals surface area contributed by atoms with Gasteiger partial charge in [0.05, 0.1) is 13.2 Å². The Morgan fingerprint density at radius 3 is 2.90 bits per heavy atom. The highest BCUT2D eigenvalue weighted by atomic mass is 32.2. The van der Waals surface area contributed by atoms with Crippen LogP contribution in [0.2, 0.25) is 0 Å². The first-order valence-corrected chi connectivity index (χ1v) is 9.66. The van der Waals surface area contributed by atoms with Gasteiger partial charge in [0.2, 0.25) is 0 Å². The number of ether oxygens (including phenoxy) is 1. The molecular formula is C14H24N2O3S2. The molecule has 2 heterocycles. The number of morpholine rings is 1. The van der Waals surface area contributed by atoms with Gasteiger partial charge in [-0.05, 0) is 31.5 Å². The van der Waals surface area contributed by atoms with Gasteiger partial charge in [0.1, 0.15) is 4.21 Å². The Balaban J connectivity index is 2.26. The van der Waals surface area contributed by atoms with Crippen molar-refractivity contribution in [2.75, 3.05) is 26.3 Å². The highest BCUT2D eigenvalue weighted by Crippen LogP contribution is 2.30. The van der Waals surface area contributed by atoms with Crippen LogP contribution in [0.1, 0.15) is 30.7 Å². The van der Waals surface area contributed by atoms with Gasteiger partial charge in [0, 0.05) is 24.0 Å². The van der Waals surface area contributed by atoms with E-state index in [1.807, 2.05) is 20.8 Å². The Kier molecular flexibility index (Phi) is 5.79. The number of aryl methyl sites for hydroxylation is 1. The molecule has 1 fully saturated rings. The molecule has 0 aromatic carbocycles. The zero-order valence-electron chi connectivity index (χ0n) is 12.9. The molecule has 2 rings (SSSR count). The summed E-state index contributed by atoms with van der Waals surface area (Å²) in [5.41, 5.74) is 1.04. The number of nitrogens with zero attached hydrogens (tertiary/aromatic N) is 1. The van der Waals surface area contributed by atoms with Crippen LogP contribution < -0.4 is 5.32 Å². The van der Waals surface area contributed by atoms with Crippen LogP contribution in [0.25, 0.3) is 0 Å². The average molecular weight is 332 g/mol. The fraction of sp³-hybridized carbons (Fsp3) is 0.714. The van der Waals surface area contributed by atoms with Crippen molar-refractivity contribution >= 4 is 21.4 Å². The summed E-state index contributed by atoms with van der Waals surface area (Å²) in [6.07, 6.45) is 0.772. The van der Waals surface area contributed by atoms with E-state index in [4.69, 9.17) is 4.74 Å². The minimum Gasteiger partial charge on any atom is -0.378 e. The predicted molar refractivity (Wildman–Crippen MR) is 85.2 cm³/mol. The maximum atomic E-state index is 12.9. The van der Waals surface area contributed by atoms with Crippen LogP contribution in [0.3, 0.4) is 0 Å². The van der Waals surface area contributed by atoms with Crippen LogP contribution in [-0.2, 0) is 21.3 Å². The van der Waals surface area contributed by atoms with Crippen LogP contribution >= 0.6 is 11.3 Å². The van der Waals surface area contributed by atoms with E-state index < -0.39 is 10.0 Å². The van der Waals surface area contributed by atoms with Gasteiger partial charge < -0.3 is 10.1 Å². The molecule has 1 saturated heterocycles. The molecule has 1 aliphatic heterocycles. The van der Waals surface area contributed by atoms with Gasteiger partial charge in [-0.2, -0.15) is 4.31 Å². The third-order valence-electron chi connectivity index (χ3n) is 3.74. The molecule has 1 aromatic rings. The van der Waals surface area contributed by atoms with E-state index in [1.165, 1.54) is 11.3 Å². The lowest BCUT2D eigenvalue weighted by Gasteiger charge is -2.33. The van der Waals surface area contributed by atoms with Crippen LogP contribution in [0.15, 0.2) is 10.3 Å². The molecule has 0 aliphatic carbocycles. The molecule has 0 spiro atoms. The van der Waals surface area contributed by atoms with Gasteiger partial charge in [-0.1, -0.05) is 13.8 Å². The standard InChI is InChI=1S/C14H24N2O3S2/c1-4-12-10-19-7-6-16(12)21(17,18)14-8-11(3)13(20-14)9-15-5-2/h8,12,15H,4-7,9-10H2,1-3H3. The van der Waals surface area contributed by atoms with Crippen LogP contribution in [0, 0.1) is 6.92 Å². The molecule has 5 nitrogen and oxygen atoms in total. The van der Waals surface area contributed by atoms with Gasteiger partial charge in [-0.15, -0.1) is 11.3 Å². The van der Waals surface area contributed by atoms with Gasteiger partial charge in [-0.3, -0.25) is 0 Å². The first kappa shape index (κ1) is 16.9. The fourth-order valence-corrected chi connectivity index (χ4v) is 5.78. The molecule has 21 heavy (non-hydrogen) atoms. The molecule has 1 atom stereocenters. The van der Waals surface area contributed by atoms with Crippen molar-refractivity contribution in [2.24, 2.45) is 0 Å². The van der Waals surface area contributed by atoms with E-state index in [-0.39, 0.29) is 6.04 Å². The fourth-order valence-electron chi connectivity index (χ4n) is 2.42. The van der Waals surface area contributed by atoms with E-state index >= 15 is 0 Å². The summed E-state index contributed by atoms with van der Waals surface area (Å²) in [6, 6.07) is 1.75. The minimum absolute atomic E-state index is 0.0524. The number of sulfonamides is 1. The van der Waals surface area contributed by atoms with E-state index in [0.29, 0.717) is 24.0 Å². The maximum absolute atomic E-state index is 12.9. The van der Waals surface area contributed by atoms with E-state index in [1.54, 1.807) is 10.4 Å². The molecule has 1 aliphatic rings. The Bertz CT molecular complexity index is 569. The second-order valence-electron chi connectivity index (χ2n) is 5.20. The Morgan fingerprint density at radius 2 is 2.24 bits per heavy atom. The van der Waals surface area contributed by atoms with E-state index in [2.05, 4.69) is 5.32 Å². The zero-order chi connectivity index (χ0) is 15.5. The number of rotatable bonds is 6. The molecule has 1 aromatic heterocycles. The number of hydrogen-bond acceptors (Lipinski definition) is 5.